The lowest BCUT2D eigenvalue weighted by Crippen LogP contribution is -1.98. The van der Waals surface area contributed by atoms with Crippen LogP contribution in [0.4, 0.5) is 0 Å². The minimum absolute atomic E-state index is 0.699. The number of aryl methyl sites for hydroxylation is 2. The van der Waals surface area contributed by atoms with Crippen molar-refractivity contribution in [2.75, 3.05) is 0 Å². The van der Waals surface area contributed by atoms with Crippen molar-refractivity contribution in [3.63, 3.8) is 0 Å². The van der Waals surface area contributed by atoms with Crippen molar-refractivity contribution >= 4 is 6.21 Å². The maximum atomic E-state index is 8.91. The molecule has 2 aromatic carbocycles. The van der Waals surface area contributed by atoms with E-state index in [4.69, 9.17) is 5.26 Å². The first-order valence-corrected chi connectivity index (χ1v) is 10.9. The molecule has 1 aromatic heterocycles. The van der Waals surface area contributed by atoms with E-state index in [2.05, 4.69) is 52.8 Å². The van der Waals surface area contributed by atoms with Gasteiger partial charge in [0.1, 0.15) is 0 Å². The van der Waals surface area contributed by atoms with E-state index in [1.54, 1.807) is 0 Å². The molecule has 4 nitrogen and oxygen atoms in total. The average molecular weight is 413 g/mol. The molecule has 160 valence electrons. The zero-order valence-electron chi connectivity index (χ0n) is 18.8. The van der Waals surface area contributed by atoms with Gasteiger partial charge in [0.2, 0.25) is 0 Å². The van der Waals surface area contributed by atoms with Gasteiger partial charge in [-0.2, -0.15) is 5.26 Å². The highest BCUT2D eigenvalue weighted by Crippen LogP contribution is 2.18. The molecule has 0 bridgehead atoms. The predicted octanol–water partition coefficient (Wildman–Crippen LogP) is 6.84. The van der Waals surface area contributed by atoms with Crippen LogP contribution in [0.5, 0.6) is 0 Å². The summed E-state index contributed by atoms with van der Waals surface area (Å²) in [7, 11) is 0. The lowest BCUT2D eigenvalue weighted by Gasteiger charge is -2.08. The average Bonchev–Trinajstić information content (AvgIpc) is 3.29. The quantitative estimate of drug-likeness (QED) is 0.380. The molecule has 1 heterocycles. The number of nitriles is 1. The van der Waals surface area contributed by atoms with E-state index in [-0.39, 0.29) is 0 Å². The standard InChI is InChI=1S/C24H24N4.C3H8/c1-2-26-17-22(13-10-20-8-11-21(16-25)12-9-20)14-15-28-18-24(27-19-28)23-6-4-3-5-7-23;1-3-2/h2-9,11-12,17-19H,10,13-15H2,1H3;3H2,1-2H3/b22-17+,26-2?;. The highest BCUT2D eigenvalue weighted by atomic mass is 15.0. The van der Waals surface area contributed by atoms with Gasteiger partial charge in [-0.3, -0.25) is 4.99 Å². The van der Waals surface area contributed by atoms with Crippen molar-refractivity contribution in [1.29, 1.82) is 5.26 Å². The minimum atomic E-state index is 0.699. The first kappa shape index (κ1) is 23.8. The van der Waals surface area contributed by atoms with E-state index in [0.29, 0.717) is 5.56 Å². The minimum Gasteiger partial charge on any atom is -0.337 e. The highest BCUT2D eigenvalue weighted by Gasteiger charge is 2.04. The molecule has 0 N–H and O–H groups in total. The van der Waals surface area contributed by atoms with Crippen molar-refractivity contribution in [3.05, 3.63) is 90.0 Å². The van der Waals surface area contributed by atoms with Gasteiger partial charge in [0.15, 0.2) is 0 Å². The van der Waals surface area contributed by atoms with Gasteiger partial charge in [0.25, 0.3) is 0 Å². The van der Waals surface area contributed by atoms with Crippen molar-refractivity contribution in [2.45, 2.75) is 53.0 Å². The first-order chi connectivity index (χ1) is 15.2. The molecular weight excluding hydrogens is 380 g/mol. The Balaban J connectivity index is 0.00000107. The van der Waals surface area contributed by atoms with Crippen LogP contribution in [-0.4, -0.2) is 15.8 Å². The summed E-state index contributed by atoms with van der Waals surface area (Å²) in [4.78, 5) is 8.85. The summed E-state index contributed by atoms with van der Waals surface area (Å²) >= 11 is 0. The Morgan fingerprint density at radius 3 is 2.42 bits per heavy atom. The third kappa shape index (κ3) is 8.44. The van der Waals surface area contributed by atoms with Crippen LogP contribution in [0.25, 0.3) is 11.3 Å². The lowest BCUT2D eigenvalue weighted by atomic mass is 10.0. The van der Waals surface area contributed by atoms with E-state index in [1.807, 2.05) is 68.1 Å². The van der Waals surface area contributed by atoms with E-state index in [0.717, 1.165) is 37.1 Å². The molecule has 0 unspecified atom stereocenters. The van der Waals surface area contributed by atoms with Crippen molar-refractivity contribution in [2.24, 2.45) is 4.99 Å². The summed E-state index contributed by atoms with van der Waals surface area (Å²) in [6, 6.07) is 20.2. The summed E-state index contributed by atoms with van der Waals surface area (Å²) in [5.74, 6) is 0. The molecule has 4 heteroatoms. The Morgan fingerprint density at radius 2 is 1.77 bits per heavy atom. The topological polar surface area (TPSA) is 54.0 Å². The monoisotopic (exact) mass is 412 g/mol. The molecule has 3 aromatic rings. The van der Waals surface area contributed by atoms with Crippen LogP contribution in [-0.2, 0) is 13.0 Å². The van der Waals surface area contributed by atoms with Gasteiger partial charge < -0.3 is 4.57 Å². The van der Waals surface area contributed by atoms with Crippen molar-refractivity contribution < 1.29 is 0 Å². The van der Waals surface area contributed by atoms with Crippen LogP contribution < -0.4 is 0 Å². The van der Waals surface area contributed by atoms with E-state index in [9.17, 15) is 0 Å². The van der Waals surface area contributed by atoms with Crippen molar-refractivity contribution in [1.82, 2.24) is 9.55 Å². The Hall–Kier alpha value is -3.45. The van der Waals surface area contributed by atoms with Gasteiger partial charge in [-0.25, -0.2) is 4.98 Å². The summed E-state index contributed by atoms with van der Waals surface area (Å²) in [5, 5.41) is 8.91. The van der Waals surface area contributed by atoms with Gasteiger partial charge in [0, 0.05) is 30.7 Å². The van der Waals surface area contributed by atoms with Gasteiger partial charge in [0.05, 0.1) is 23.7 Å². The second-order valence-electron chi connectivity index (χ2n) is 7.32. The molecule has 0 radical (unpaired) electrons. The number of nitrogens with zero attached hydrogens (tertiary/aromatic N) is 4. The Kier molecular flexibility index (Phi) is 10.5. The van der Waals surface area contributed by atoms with Gasteiger partial charge in [-0.1, -0.05) is 62.7 Å². The summed E-state index contributed by atoms with van der Waals surface area (Å²) in [6.07, 6.45) is 11.8. The van der Waals surface area contributed by atoms with Crippen LogP contribution in [0.2, 0.25) is 0 Å². The fraction of sp³-hybridized carbons (Fsp3) is 0.296. The second kappa shape index (κ2) is 13.7. The SMILES string of the molecule is CC=N/C=C(\CCc1ccc(C#N)cc1)CCn1cnc(-c2ccccc2)c1.CCC. The molecule has 0 amide bonds. The lowest BCUT2D eigenvalue weighted by molar-refractivity contribution is 0.671. The number of hydrogen-bond donors (Lipinski definition) is 0. The molecule has 0 atom stereocenters. The Bertz CT molecular complexity index is 990. The smallest absolute Gasteiger partial charge is 0.0991 e. The highest BCUT2D eigenvalue weighted by molar-refractivity contribution is 5.57. The molecule has 0 aliphatic carbocycles. The second-order valence-corrected chi connectivity index (χ2v) is 7.32. The van der Waals surface area contributed by atoms with Crippen LogP contribution in [0.3, 0.4) is 0 Å². The van der Waals surface area contributed by atoms with E-state index < -0.39 is 0 Å². The maximum absolute atomic E-state index is 8.91. The number of hydrogen-bond acceptors (Lipinski definition) is 3. The third-order valence-electron chi connectivity index (χ3n) is 4.62. The Morgan fingerprint density at radius 1 is 1.06 bits per heavy atom. The molecule has 0 aliphatic heterocycles. The van der Waals surface area contributed by atoms with Gasteiger partial charge in [-0.15, -0.1) is 0 Å². The Labute approximate surface area is 186 Å². The summed E-state index contributed by atoms with van der Waals surface area (Å²) in [5.41, 5.74) is 5.37. The molecule has 0 fully saturated rings. The number of aliphatic imine (C=N–C) groups is 1. The zero-order valence-corrected chi connectivity index (χ0v) is 18.8. The molecular formula is C27H32N4. The molecule has 3 rings (SSSR count). The fourth-order valence-corrected chi connectivity index (χ4v) is 3.00. The van der Waals surface area contributed by atoms with Gasteiger partial charge in [-0.05, 0) is 49.5 Å². The van der Waals surface area contributed by atoms with E-state index >= 15 is 0 Å². The van der Waals surface area contributed by atoms with Crippen molar-refractivity contribution in [3.8, 4) is 17.3 Å². The largest absolute Gasteiger partial charge is 0.337 e. The van der Waals surface area contributed by atoms with E-state index in [1.165, 1.54) is 17.6 Å². The fourth-order valence-electron chi connectivity index (χ4n) is 3.00. The van der Waals surface area contributed by atoms with Crippen LogP contribution in [0.1, 0.15) is 51.2 Å². The zero-order chi connectivity index (χ0) is 22.3. The van der Waals surface area contributed by atoms with Gasteiger partial charge >= 0.3 is 0 Å². The third-order valence-corrected chi connectivity index (χ3v) is 4.62. The van der Waals surface area contributed by atoms with Crippen LogP contribution in [0.15, 0.2) is 83.9 Å². The molecule has 0 spiro atoms. The van der Waals surface area contributed by atoms with Crippen LogP contribution >= 0.6 is 0 Å². The first-order valence-electron chi connectivity index (χ1n) is 10.9. The number of benzene rings is 2. The summed E-state index contributed by atoms with van der Waals surface area (Å²) in [6.45, 7) is 7.05. The van der Waals surface area contributed by atoms with Crippen LogP contribution in [0, 0.1) is 11.3 Å². The molecule has 0 saturated carbocycles. The maximum Gasteiger partial charge on any atom is 0.0991 e. The summed E-state index contributed by atoms with van der Waals surface area (Å²) < 4.78 is 2.13. The predicted molar refractivity (Wildman–Crippen MR) is 130 cm³/mol. The normalized spacial score (nSPS) is 11.1. The number of imidazole rings is 1. The molecule has 0 saturated heterocycles. The number of rotatable bonds is 8. The molecule has 31 heavy (non-hydrogen) atoms. The molecule has 0 aliphatic rings. The number of allylic oxidation sites excluding steroid dienone is 1. The number of aromatic nitrogens is 2.